The van der Waals surface area contributed by atoms with Crippen LogP contribution < -0.4 is 0 Å². The predicted octanol–water partition coefficient (Wildman–Crippen LogP) is 3.05. The van der Waals surface area contributed by atoms with Crippen molar-refractivity contribution in [2.75, 3.05) is 7.11 Å². The Morgan fingerprint density at radius 2 is 1.92 bits per heavy atom. The number of carbonyl (C=O) groups excluding carboxylic acids is 2. The molecule has 0 amide bonds. The minimum Gasteiger partial charge on any atom is -0.466 e. The summed E-state index contributed by atoms with van der Waals surface area (Å²) in [6.07, 6.45) is 2.74. The largest absolute Gasteiger partial charge is 0.466 e. The van der Waals surface area contributed by atoms with Crippen LogP contribution in [0, 0.1) is 0 Å². The number of benzene rings is 1. The van der Waals surface area contributed by atoms with E-state index in [4.69, 9.17) is 9.47 Å². The number of esters is 2. The van der Waals surface area contributed by atoms with Gasteiger partial charge in [0.2, 0.25) is 0 Å². The highest BCUT2D eigenvalue weighted by Crippen LogP contribution is 2.31. The zero-order valence-electron chi connectivity index (χ0n) is 14.7. The number of hydrogen-bond acceptors (Lipinski definition) is 5. The molecule has 24 heavy (non-hydrogen) atoms. The van der Waals surface area contributed by atoms with Crippen LogP contribution in [-0.2, 0) is 25.6 Å². The smallest absolute Gasteiger partial charge is 0.332 e. The first-order valence-corrected chi connectivity index (χ1v) is 8.12. The summed E-state index contributed by atoms with van der Waals surface area (Å²) in [5.41, 5.74) is 1.34. The summed E-state index contributed by atoms with van der Waals surface area (Å²) in [7, 11) is 1.35. The normalized spacial score (nSPS) is 19.4. The van der Waals surface area contributed by atoms with Gasteiger partial charge in [-0.1, -0.05) is 30.3 Å². The van der Waals surface area contributed by atoms with Gasteiger partial charge in [0.1, 0.15) is 11.6 Å². The third-order valence-electron chi connectivity index (χ3n) is 3.78. The molecular formula is C19H25NO4. The van der Waals surface area contributed by atoms with Crippen molar-refractivity contribution in [3.05, 3.63) is 47.7 Å². The summed E-state index contributed by atoms with van der Waals surface area (Å²) in [5, 5.41) is 0. The molecule has 5 heteroatoms. The van der Waals surface area contributed by atoms with Crippen molar-refractivity contribution in [2.45, 2.75) is 51.8 Å². The third kappa shape index (κ3) is 4.85. The minimum atomic E-state index is -0.537. The van der Waals surface area contributed by atoms with E-state index >= 15 is 0 Å². The quantitative estimate of drug-likeness (QED) is 0.627. The summed E-state index contributed by atoms with van der Waals surface area (Å²) < 4.78 is 10.3. The zero-order valence-corrected chi connectivity index (χ0v) is 14.7. The van der Waals surface area contributed by atoms with Gasteiger partial charge >= 0.3 is 11.9 Å². The maximum atomic E-state index is 12.6. The van der Waals surface area contributed by atoms with Crippen molar-refractivity contribution in [3.63, 3.8) is 0 Å². The van der Waals surface area contributed by atoms with Crippen molar-refractivity contribution in [2.24, 2.45) is 0 Å². The second-order valence-corrected chi connectivity index (χ2v) is 6.86. The molecule has 0 radical (unpaired) electrons. The molecule has 0 N–H and O–H groups in total. The van der Waals surface area contributed by atoms with Crippen molar-refractivity contribution in [1.29, 1.82) is 0 Å². The molecule has 0 aliphatic carbocycles. The number of rotatable bonds is 4. The molecule has 0 aromatic heterocycles. The van der Waals surface area contributed by atoms with Crippen LogP contribution in [-0.4, -0.2) is 35.6 Å². The van der Waals surface area contributed by atoms with Crippen LogP contribution in [0.1, 0.15) is 39.2 Å². The summed E-state index contributed by atoms with van der Waals surface area (Å²) in [6, 6.07) is 9.47. The van der Waals surface area contributed by atoms with E-state index in [2.05, 4.69) is 0 Å². The first kappa shape index (κ1) is 18.0. The fraction of sp³-hybridized carbons (Fsp3) is 0.474. The monoisotopic (exact) mass is 331 g/mol. The molecule has 5 nitrogen and oxygen atoms in total. The lowest BCUT2D eigenvalue weighted by molar-refractivity contribution is -0.160. The standard InChI is InChI=1S/C19H25NO4/c1-19(2,3)24-18(22)16-11-10-15(12-17(21)23-4)20(16)13-14-8-6-5-7-9-14/h5-9,12,16H,10-11,13H2,1-4H3. The second-order valence-electron chi connectivity index (χ2n) is 6.86. The molecule has 1 saturated heterocycles. The number of carbonyl (C=O) groups is 2. The van der Waals surface area contributed by atoms with Gasteiger partial charge in [0, 0.05) is 18.3 Å². The van der Waals surface area contributed by atoms with Crippen molar-refractivity contribution >= 4 is 11.9 Å². The van der Waals surface area contributed by atoms with Gasteiger partial charge in [-0.05, 0) is 39.2 Å². The number of methoxy groups -OCH3 is 1. The van der Waals surface area contributed by atoms with Gasteiger partial charge in [-0.25, -0.2) is 9.59 Å². The number of allylic oxidation sites excluding steroid dienone is 1. The Morgan fingerprint density at radius 1 is 1.25 bits per heavy atom. The minimum absolute atomic E-state index is 0.258. The van der Waals surface area contributed by atoms with E-state index in [1.165, 1.54) is 13.2 Å². The van der Waals surface area contributed by atoms with Crippen LogP contribution in [0.3, 0.4) is 0 Å². The fourth-order valence-electron chi connectivity index (χ4n) is 2.74. The molecule has 0 saturated carbocycles. The summed E-state index contributed by atoms with van der Waals surface area (Å²) in [4.78, 5) is 26.1. The Bertz CT molecular complexity index is 616. The first-order chi connectivity index (χ1) is 11.3. The summed E-state index contributed by atoms with van der Waals surface area (Å²) in [6.45, 7) is 6.11. The van der Waals surface area contributed by atoms with Gasteiger partial charge in [-0.15, -0.1) is 0 Å². The Balaban J connectivity index is 2.24. The lowest BCUT2D eigenvalue weighted by Crippen LogP contribution is -2.39. The molecule has 1 aromatic carbocycles. The van der Waals surface area contributed by atoms with Crippen LogP contribution in [0.2, 0.25) is 0 Å². The molecule has 0 spiro atoms. The van der Waals surface area contributed by atoms with Gasteiger partial charge < -0.3 is 14.4 Å². The highest BCUT2D eigenvalue weighted by atomic mass is 16.6. The zero-order chi connectivity index (χ0) is 17.7. The number of ether oxygens (including phenoxy) is 2. The average Bonchev–Trinajstić information content (AvgIpc) is 2.89. The first-order valence-electron chi connectivity index (χ1n) is 8.12. The lowest BCUT2D eigenvalue weighted by atomic mass is 10.1. The van der Waals surface area contributed by atoms with E-state index in [9.17, 15) is 9.59 Å². The number of hydrogen-bond donors (Lipinski definition) is 0. The molecule has 0 bridgehead atoms. The SMILES string of the molecule is COC(=O)C=C1CCC(C(=O)OC(C)(C)C)N1Cc1ccccc1. The van der Waals surface area contributed by atoms with Crippen LogP contribution in [0.15, 0.2) is 42.1 Å². The van der Waals surface area contributed by atoms with Crippen molar-refractivity contribution in [3.8, 4) is 0 Å². The van der Waals surface area contributed by atoms with E-state index in [1.807, 2.05) is 56.0 Å². The summed E-state index contributed by atoms with van der Waals surface area (Å²) in [5.74, 6) is -0.667. The van der Waals surface area contributed by atoms with Gasteiger partial charge in [0.15, 0.2) is 0 Å². The molecule has 2 rings (SSSR count). The molecule has 1 aliphatic rings. The van der Waals surface area contributed by atoms with E-state index in [1.54, 1.807) is 0 Å². The Labute approximate surface area is 143 Å². The van der Waals surface area contributed by atoms with Crippen LogP contribution in [0.5, 0.6) is 0 Å². The number of nitrogens with zero attached hydrogens (tertiary/aromatic N) is 1. The molecule has 130 valence electrons. The van der Waals surface area contributed by atoms with Crippen LogP contribution in [0.25, 0.3) is 0 Å². The molecule has 1 aliphatic heterocycles. The second kappa shape index (κ2) is 7.51. The topological polar surface area (TPSA) is 55.8 Å². The Kier molecular flexibility index (Phi) is 5.65. The predicted molar refractivity (Wildman–Crippen MR) is 91.0 cm³/mol. The molecular weight excluding hydrogens is 306 g/mol. The highest BCUT2D eigenvalue weighted by Gasteiger charge is 2.36. The maximum absolute atomic E-state index is 12.6. The van der Waals surface area contributed by atoms with E-state index < -0.39 is 11.6 Å². The van der Waals surface area contributed by atoms with Gasteiger partial charge in [0.25, 0.3) is 0 Å². The molecule has 1 unspecified atom stereocenters. The van der Waals surface area contributed by atoms with Crippen LogP contribution >= 0.6 is 0 Å². The van der Waals surface area contributed by atoms with Crippen molar-refractivity contribution < 1.29 is 19.1 Å². The van der Waals surface area contributed by atoms with Crippen LogP contribution in [0.4, 0.5) is 0 Å². The third-order valence-corrected chi connectivity index (χ3v) is 3.78. The summed E-state index contributed by atoms with van der Waals surface area (Å²) >= 11 is 0. The van der Waals surface area contributed by atoms with E-state index in [-0.39, 0.29) is 12.0 Å². The molecule has 1 fully saturated rings. The van der Waals surface area contributed by atoms with Gasteiger partial charge in [-0.3, -0.25) is 0 Å². The molecule has 1 atom stereocenters. The maximum Gasteiger partial charge on any atom is 0.332 e. The fourth-order valence-corrected chi connectivity index (χ4v) is 2.74. The molecule has 1 heterocycles. The lowest BCUT2D eigenvalue weighted by Gasteiger charge is -2.29. The van der Waals surface area contributed by atoms with Crippen molar-refractivity contribution in [1.82, 2.24) is 4.90 Å². The van der Waals surface area contributed by atoms with Gasteiger partial charge in [0.05, 0.1) is 7.11 Å². The van der Waals surface area contributed by atoms with E-state index in [0.29, 0.717) is 19.4 Å². The molecule has 1 aromatic rings. The Morgan fingerprint density at radius 3 is 2.50 bits per heavy atom. The van der Waals surface area contributed by atoms with Gasteiger partial charge in [-0.2, -0.15) is 0 Å². The number of likely N-dealkylation sites (tertiary alicyclic amines) is 1. The van der Waals surface area contributed by atoms with E-state index in [0.717, 1.165) is 11.3 Å². The average molecular weight is 331 g/mol. The Hall–Kier alpha value is -2.30. The highest BCUT2D eigenvalue weighted by molar-refractivity contribution is 5.83.